The third-order valence-corrected chi connectivity index (χ3v) is 4.90. The van der Waals surface area contributed by atoms with Crippen molar-refractivity contribution in [2.24, 2.45) is 5.73 Å². The number of rotatable bonds is 2. The highest BCUT2D eigenvalue weighted by molar-refractivity contribution is 7.86. The first-order valence-corrected chi connectivity index (χ1v) is 6.62. The number of ether oxygens (including phenoxy) is 1. The van der Waals surface area contributed by atoms with Gasteiger partial charge in [-0.3, -0.25) is 0 Å². The lowest BCUT2D eigenvalue weighted by atomic mass is 10.3. The van der Waals surface area contributed by atoms with Gasteiger partial charge in [-0.2, -0.15) is 17.0 Å². The Bertz CT molecular complexity index is 313. The zero-order chi connectivity index (χ0) is 10.9. The van der Waals surface area contributed by atoms with Crippen LogP contribution in [0.5, 0.6) is 0 Å². The fraction of sp³-hybridized carbons (Fsp3) is 1.00. The molecule has 6 nitrogen and oxygen atoms in total. The van der Waals surface area contributed by atoms with E-state index in [1.165, 1.54) is 8.61 Å². The van der Waals surface area contributed by atoms with Crippen LogP contribution in [0.4, 0.5) is 0 Å². The first-order valence-electron chi connectivity index (χ1n) is 5.22. The minimum Gasteiger partial charge on any atom is -0.379 e. The van der Waals surface area contributed by atoms with Crippen LogP contribution in [0.3, 0.4) is 0 Å². The predicted molar refractivity (Wildman–Crippen MR) is 55.2 cm³/mol. The van der Waals surface area contributed by atoms with Crippen LogP contribution in [0.1, 0.15) is 12.8 Å². The highest BCUT2D eigenvalue weighted by Crippen LogP contribution is 2.20. The van der Waals surface area contributed by atoms with Gasteiger partial charge in [-0.1, -0.05) is 0 Å². The molecule has 2 saturated heterocycles. The summed E-state index contributed by atoms with van der Waals surface area (Å²) in [5.74, 6) is 0. The Morgan fingerprint density at radius 3 is 2.40 bits per heavy atom. The molecule has 2 fully saturated rings. The number of nitrogens with zero attached hydrogens (tertiary/aromatic N) is 2. The van der Waals surface area contributed by atoms with Crippen molar-refractivity contribution in [1.29, 1.82) is 0 Å². The maximum atomic E-state index is 12.1. The number of hydrogen-bond donors (Lipinski definition) is 1. The molecule has 2 heterocycles. The van der Waals surface area contributed by atoms with Crippen LogP contribution in [0.2, 0.25) is 0 Å². The predicted octanol–water partition coefficient (Wildman–Crippen LogP) is -1.06. The van der Waals surface area contributed by atoms with Crippen LogP contribution < -0.4 is 5.73 Å². The molecule has 0 radical (unpaired) electrons. The zero-order valence-electron chi connectivity index (χ0n) is 8.63. The third-order valence-electron chi connectivity index (χ3n) is 2.84. The van der Waals surface area contributed by atoms with Crippen molar-refractivity contribution in [3.63, 3.8) is 0 Å². The van der Waals surface area contributed by atoms with Crippen molar-refractivity contribution in [2.45, 2.75) is 19.0 Å². The summed E-state index contributed by atoms with van der Waals surface area (Å²) in [6.07, 6.45) is 1.26. The minimum atomic E-state index is -3.35. The van der Waals surface area contributed by atoms with Crippen LogP contribution in [0, 0.1) is 0 Å². The number of morpholine rings is 1. The summed E-state index contributed by atoms with van der Waals surface area (Å²) >= 11 is 0. The second kappa shape index (κ2) is 4.34. The maximum absolute atomic E-state index is 12.1. The molecule has 0 aromatic heterocycles. The Hall–Kier alpha value is -0.210. The van der Waals surface area contributed by atoms with Gasteiger partial charge in [0.25, 0.3) is 10.2 Å². The van der Waals surface area contributed by atoms with Gasteiger partial charge in [-0.25, -0.2) is 0 Å². The first-order chi connectivity index (χ1) is 7.12. The van der Waals surface area contributed by atoms with E-state index >= 15 is 0 Å². The lowest BCUT2D eigenvalue weighted by Crippen LogP contribution is -2.51. The molecule has 2 N–H and O–H groups in total. The van der Waals surface area contributed by atoms with Gasteiger partial charge in [0, 0.05) is 19.6 Å². The molecule has 0 saturated carbocycles. The van der Waals surface area contributed by atoms with Crippen LogP contribution in [-0.2, 0) is 14.9 Å². The Morgan fingerprint density at radius 1 is 1.20 bits per heavy atom. The molecule has 0 aromatic rings. The van der Waals surface area contributed by atoms with Crippen molar-refractivity contribution >= 4 is 10.2 Å². The number of hydrogen-bond acceptors (Lipinski definition) is 4. The zero-order valence-corrected chi connectivity index (χ0v) is 9.45. The van der Waals surface area contributed by atoms with Gasteiger partial charge < -0.3 is 10.5 Å². The summed E-state index contributed by atoms with van der Waals surface area (Å²) in [6.45, 7) is 2.36. The standard InChI is InChI=1S/C8H17N3O3S/c9-8-2-1-3-11(8)15(12,13)10-4-6-14-7-5-10/h8H,1-7,9H2. The minimum absolute atomic E-state index is 0.349. The Labute approximate surface area is 90.2 Å². The molecule has 7 heteroatoms. The van der Waals surface area contributed by atoms with Crippen molar-refractivity contribution in [3.8, 4) is 0 Å². The highest BCUT2D eigenvalue weighted by atomic mass is 32.2. The van der Waals surface area contributed by atoms with Crippen molar-refractivity contribution in [1.82, 2.24) is 8.61 Å². The average Bonchev–Trinajstić information content (AvgIpc) is 2.66. The van der Waals surface area contributed by atoms with Gasteiger partial charge in [-0.05, 0) is 12.8 Å². The summed E-state index contributed by atoms with van der Waals surface area (Å²) < 4.78 is 32.2. The molecule has 0 amide bonds. The molecule has 15 heavy (non-hydrogen) atoms. The Morgan fingerprint density at radius 2 is 1.87 bits per heavy atom. The largest absolute Gasteiger partial charge is 0.379 e. The van der Waals surface area contributed by atoms with E-state index in [0.29, 0.717) is 32.8 Å². The molecule has 2 aliphatic rings. The van der Waals surface area contributed by atoms with E-state index in [9.17, 15) is 8.42 Å². The molecule has 0 spiro atoms. The van der Waals surface area contributed by atoms with Crippen molar-refractivity contribution < 1.29 is 13.2 Å². The summed E-state index contributed by atoms with van der Waals surface area (Å²) in [7, 11) is -3.35. The van der Waals surface area contributed by atoms with E-state index in [0.717, 1.165) is 12.8 Å². The van der Waals surface area contributed by atoms with Gasteiger partial charge in [0.1, 0.15) is 0 Å². The summed E-state index contributed by atoms with van der Waals surface area (Å²) in [5, 5.41) is 0. The Balaban J connectivity index is 2.10. The molecule has 2 aliphatic heterocycles. The lowest BCUT2D eigenvalue weighted by molar-refractivity contribution is 0.0699. The maximum Gasteiger partial charge on any atom is 0.283 e. The average molecular weight is 235 g/mol. The van der Waals surface area contributed by atoms with E-state index < -0.39 is 10.2 Å². The van der Waals surface area contributed by atoms with Crippen molar-refractivity contribution in [2.75, 3.05) is 32.8 Å². The molecule has 0 bridgehead atoms. The van der Waals surface area contributed by atoms with E-state index in [1.54, 1.807) is 0 Å². The van der Waals surface area contributed by atoms with Crippen LogP contribution in [-0.4, -0.2) is 56.0 Å². The molecule has 1 atom stereocenters. The lowest BCUT2D eigenvalue weighted by Gasteiger charge is -2.31. The quantitative estimate of drug-likeness (QED) is 0.662. The van der Waals surface area contributed by atoms with Crippen LogP contribution in [0.25, 0.3) is 0 Å². The van der Waals surface area contributed by atoms with E-state index in [1.807, 2.05) is 0 Å². The fourth-order valence-corrected chi connectivity index (χ4v) is 3.69. The van der Waals surface area contributed by atoms with Gasteiger partial charge in [0.15, 0.2) is 0 Å². The number of nitrogens with two attached hydrogens (primary N) is 1. The second-order valence-electron chi connectivity index (χ2n) is 3.84. The summed E-state index contributed by atoms with van der Waals surface area (Å²) in [5.41, 5.74) is 5.76. The monoisotopic (exact) mass is 235 g/mol. The summed E-state index contributed by atoms with van der Waals surface area (Å²) in [6, 6.07) is 0. The second-order valence-corrected chi connectivity index (χ2v) is 5.72. The first kappa shape index (κ1) is 11.3. The molecule has 0 aliphatic carbocycles. The highest BCUT2D eigenvalue weighted by Gasteiger charge is 2.36. The van der Waals surface area contributed by atoms with Crippen LogP contribution in [0.15, 0.2) is 0 Å². The Kier molecular flexibility index (Phi) is 3.27. The molecule has 2 rings (SSSR count). The third kappa shape index (κ3) is 2.16. The molecule has 88 valence electrons. The topological polar surface area (TPSA) is 75.9 Å². The molecular weight excluding hydrogens is 218 g/mol. The van der Waals surface area contributed by atoms with Crippen molar-refractivity contribution in [3.05, 3.63) is 0 Å². The van der Waals surface area contributed by atoms with Crippen LogP contribution >= 0.6 is 0 Å². The SMILES string of the molecule is NC1CCCN1S(=O)(=O)N1CCOCC1. The summed E-state index contributed by atoms with van der Waals surface area (Å²) in [4.78, 5) is 0. The van der Waals surface area contributed by atoms with E-state index in [-0.39, 0.29) is 6.17 Å². The van der Waals surface area contributed by atoms with E-state index in [2.05, 4.69) is 0 Å². The smallest absolute Gasteiger partial charge is 0.283 e. The van der Waals surface area contributed by atoms with Gasteiger partial charge in [-0.15, -0.1) is 0 Å². The molecular formula is C8H17N3O3S. The molecule has 0 aromatic carbocycles. The van der Waals surface area contributed by atoms with Gasteiger partial charge >= 0.3 is 0 Å². The van der Waals surface area contributed by atoms with Gasteiger partial charge in [0.2, 0.25) is 0 Å². The molecule has 1 unspecified atom stereocenters. The fourth-order valence-electron chi connectivity index (χ4n) is 1.98. The van der Waals surface area contributed by atoms with E-state index in [4.69, 9.17) is 10.5 Å². The van der Waals surface area contributed by atoms with Gasteiger partial charge in [0.05, 0.1) is 19.4 Å². The normalized spacial score (nSPS) is 30.9.